The average molecular weight is 277 g/mol. The Bertz CT molecular complexity index is 436. The predicted molar refractivity (Wildman–Crippen MR) is 55.2 cm³/mol. The van der Waals surface area contributed by atoms with Gasteiger partial charge in [0.05, 0.1) is 15.1 Å². The van der Waals surface area contributed by atoms with Crippen molar-refractivity contribution in [2.24, 2.45) is 0 Å². The van der Waals surface area contributed by atoms with Gasteiger partial charge in [0.15, 0.2) is 0 Å². The molecule has 15 heavy (non-hydrogen) atoms. The number of carbonyl (C=O) groups is 1. The Morgan fingerprint density at radius 2 is 2.27 bits per heavy atom. The van der Waals surface area contributed by atoms with Gasteiger partial charge in [-0.05, 0) is 28.4 Å². The highest BCUT2D eigenvalue weighted by Gasteiger charge is 2.21. The molecule has 0 bridgehead atoms. The molecule has 0 saturated carbocycles. The van der Waals surface area contributed by atoms with Gasteiger partial charge in [-0.2, -0.15) is 4.39 Å². The van der Waals surface area contributed by atoms with E-state index >= 15 is 0 Å². The van der Waals surface area contributed by atoms with Crippen molar-refractivity contribution < 1.29 is 14.1 Å². The van der Waals surface area contributed by atoms with Gasteiger partial charge < -0.3 is 5.32 Å². The van der Waals surface area contributed by atoms with Crippen LogP contribution >= 0.6 is 15.9 Å². The van der Waals surface area contributed by atoms with Crippen LogP contribution in [0, 0.1) is 22.9 Å². The molecule has 0 aliphatic carbocycles. The summed E-state index contributed by atoms with van der Waals surface area (Å²) < 4.78 is 13.2. The molecule has 0 unspecified atom stereocenters. The molecule has 1 aromatic carbocycles. The van der Waals surface area contributed by atoms with Crippen LogP contribution in [0.1, 0.15) is 5.56 Å². The summed E-state index contributed by atoms with van der Waals surface area (Å²) >= 11 is 2.85. The SMILES string of the molecule is Cc1cc([N+](=O)[O-])c(F)c(Br)c1NC=O. The summed E-state index contributed by atoms with van der Waals surface area (Å²) in [5.74, 6) is -1.00. The molecule has 1 N–H and O–H groups in total. The standard InChI is InChI=1S/C8H6BrFN2O3/c1-4-2-5(12(14)15)7(10)6(9)8(4)11-3-13/h2-3H,1H3,(H,11,13). The maximum atomic E-state index is 13.4. The highest BCUT2D eigenvalue weighted by molar-refractivity contribution is 9.10. The minimum Gasteiger partial charge on any atom is -0.327 e. The fourth-order valence-electron chi connectivity index (χ4n) is 1.10. The van der Waals surface area contributed by atoms with Gasteiger partial charge in [-0.25, -0.2) is 0 Å². The van der Waals surface area contributed by atoms with E-state index in [1.807, 2.05) is 0 Å². The van der Waals surface area contributed by atoms with Crippen molar-refractivity contribution in [2.45, 2.75) is 6.92 Å². The second-order valence-corrected chi connectivity index (χ2v) is 3.53. The first kappa shape index (κ1) is 11.6. The van der Waals surface area contributed by atoms with Gasteiger partial charge in [-0.3, -0.25) is 14.9 Å². The fourth-order valence-corrected chi connectivity index (χ4v) is 1.74. The lowest BCUT2D eigenvalue weighted by Gasteiger charge is -2.07. The highest BCUT2D eigenvalue weighted by atomic mass is 79.9. The first-order valence-corrected chi connectivity index (χ1v) is 4.61. The fraction of sp³-hybridized carbons (Fsp3) is 0.125. The van der Waals surface area contributed by atoms with Gasteiger partial charge in [-0.15, -0.1) is 0 Å². The van der Waals surface area contributed by atoms with E-state index in [4.69, 9.17) is 0 Å². The van der Waals surface area contributed by atoms with E-state index in [0.717, 1.165) is 6.07 Å². The second kappa shape index (κ2) is 4.35. The van der Waals surface area contributed by atoms with Gasteiger partial charge >= 0.3 is 5.69 Å². The number of nitrogens with one attached hydrogen (secondary N) is 1. The van der Waals surface area contributed by atoms with Crippen molar-refractivity contribution in [2.75, 3.05) is 5.32 Å². The molecule has 1 rings (SSSR count). The number of carbonyl (C=O) groups excluding carboxylic acids is 1. The minimum absolute atomic E-state index is 0.124. The first-order chi connectivity index (χ1) is 6.99. The third-order valence-electron chi connectivity index (χ3n) is 1.78. The molecule has 0 saturated heterocycles. The molecule has 0 radical (unpaired) electrons. The second-order valence-electron chi connectivity index (χ2n) is 2.73. The first-order valence-electron chi connectivity index (χ1n) is 3.82. The van der Waals surface area contributed by atoms with Crippen LogP contribution in [-0.4, -0.2) is 11.3 Å². The molecule has 80 valence electrons. The molecule has 1 amide bonds. The molecule has 0 spiro atoms. The highest BCUT2D eigenvalue weighted by Crippen LogP contribution is 2.34. The van der Waals surface area contributed by atoms with E-state index in [1.54, 1.807) is 0 Å². The maximum absolute atomic E-state index is 13.4. The molecule has 5 nitrogen and oxygen atoms in total. The summed E-state index contributed by atoms with van der Waals surface area (Å²) in [6.07, 6.45) is 0.373. The molecular weight excluding hydrogens is 271 g/mol. The van der Waals surface area contributed by atoms with Gasteiger partial charge in [0.25, 0.3) is 0 Å². The van der Waals surface area contributed by atoms with Crippen molar-refractivity contribution in [1.82, 2.24) is 0 Å². The molecule has 0 heterocycles. The van der Waals surface area contributed by atoms with Crippen LogP contribution in [-0.2, 0) is 4.79 Å². The number of benzene rings is 1. The van der Waals surface area contributed by atoms with E-state index in [2.05, 4.69) is 21.2 Å². The largest absolute Gasteiger partial charge is 0.327 e. The summed E-state index contributed by atoms with van der Waals surface area (Å²) in [5.41, 5.74) is -0.0361. The number of nitro groups is 1. The minimum atomic E-state index is -1.00. The van der Waals surface area contributed by atoms with Crippen LogP contribution in [0.15, 0.2) is 10.5 Å². The monoisotopic (exact) mass is 276 g/mol. The normalized spacial score (nSPS) is 9.80. The zero-order valence-electron chi connectivity index (χ0n) is 7.58. The van der Waals surface area contributed by atoms with Gasteiger partial charge in [0.2, 0.25) is 12.2 Å². The topological polar surface area (TPSA) is 72.2 Å². The van der Waals surface area contributed by atoms with Crippen molar-refractivity contribution >= 4 is 33.7 Å². The van der Waals surface area contributed by atoms with Gasteiger partial charge in [0, 0.05) is 6.07 Å². The van der Waals surface area contributed by atoms with Crippen LogP contribution in [0.4, 0.5) is 15.8 Å². The van der Waals surface area contributed by atoms with Gasteiger partial charge in [-0.1, -0.05) is 0 Å². The van der Waals surface area contributed by atoms with Gasteiger partial charge in [0.1, 0.15) is 0 Å². The third-order valence-corrected chi connectivity index (χ3v) is 2.53. The van der Waals surface area contributed by atoms with Crippen LogP contribution < -0.4 is 5.32 Å². The number of hydrogen-bond acceptors (Lipinski definition) is 3. The van der Waals surface area contributed by atoms with Crippen molar-refractivity contribution in [3.8, 4) is 0 Å². The molecular formula is C8H6BrFN2O3. The summed E-state index contributed by atoms with van der Waals surface area (Å²) in [7, 11) is 0. The number of nitro benzene ring substituents is 1. The lowest BCUT2D eigenvalue weighted by atomic mass is 10.1. The van der Waals surface area contributed by atoms with E-state index in [1.165, 1.54) is 6.92 Å². The molecule has 0 aliphatic rings. The average Bonchev–Trinajstić information content (AvgIpc) is 2.18. The molecule has 0 aromatic heterocycles. The van der Waals surface area contributed by atoms with Crippen LogP contribution in [0.25, 0.3) is 0 Å². The number of hydrogen-bond donors (Lipinski definition) is 1. The molecule has 0 aliphatic heterocycles. The van der Waals surface area contributed by atoms with E-state index in [-0.39, 0.29) is 10.2 Å². The number of nitrogens with zero attached hydrogens (tertiary/aromatic N) is 1. The van der Waals surface area contributed by atoms with Crippen LogP contribution in [0.5, 0.6) is 0 Å². The Hall–Kier alpha value is -1.50. The molecule has 7 heteroatoms. The lowest BCUT2D eigenvalue weighted by molar-refractivity contribution is -0.387. The maximum Gasteiger partial charge on any atom is 0.306 e. The Morgan fingerprint density at radius 3 is 2.73 bits per heavy atom. The zero-order valence-corrected chi connectivity index (χ0v) is 9.17. The lowest BCUT2D eigenvalue weighted by Crippen LogP contribution is -2.02. The number of halogens is 2. The number of aryl methyl sites for hydroxylation is 1. The summed E-state index contributed by atoms with van der Waals surface area (Å²) in [5, 5.41) is 12.7. The van der Waals surface area contributed by atoms with Crippen molar-refractivity contribution in [1.29, 1.82) is 0 Å². The molecule has 1 aromatic rings. The van der Waals surface area contributed by atoms with Crippen LogP contribution in [0.3, 0.4) is 0 Å². The Labute approximate surface area is 92.6 Å². The summed E-state index contributed by atoms with van der Waals surface area (Å²) in [4.78, 5) is 19.8. The molecule has 0 atom stereocenters. The Kier molecular flexibility index (Phi) is 3.35. The van der Waals surface area contributed by atoms with E-state index in [0.29, 0.717) is 12.0 Å². The number of amides is 1. The zero-order chi connectivity index (χ0) is 11.6. The quantitative estimate of drug-likeness (QED) is 0.523. The summed E-state index contributed by atoms with van der Waals surface area (Å²) in [6, 6.07) is 1.06. The molecule has 0 fully saturated rings. The number of rotatable bonds is 3. The Morgan fingerprint density at radius 1 is 1.67 bits per heavy atom. The smallest absolute Gasteiger partial charge is 0.306 e. The summed E-state index contributed by atoms with van der Waals surface area (Å²) in [6.45, 7) is 1.53. The van der Waals surface area contributed by atoms with Crippen molar-refractivity contribution in [3.63, 3.8) is 0 Å². The van der Waals surface area contributed by atoms with E-state index in [9.17, 15) is 19.3 Å². The number of anilines is 1. The van der Waals surface area contributed by atoms with Crippen molar-refractivity contribution in [3.05, 3.63) is 32.0 Å². The van der Waals surface area contributed by atoms with Crippen LogP contribution in [0.2, 0.25) is 0 Å². The predicted octanol–water partition coefficient (Wildman–Crippen LogP) is 2.37. The third kappa shape index (κ3) is 2.12. The van der Waals surface area contributed by atoms with E-state index < -0.39 is 16.4 Å². The Balaban J connectivity index is 3.43.